The second-order valence-corrected chi connectivity index (χ2v) is 8.35. The molecular formula is C20H27F3N6O6. The van der Waals surface area contributed by atoms with Crippen molar-refractivity contribution in [2.24, 2.45) is 0 Å². The largest absolute Gasteiger partial charge is 0.522 e. The van der Waals surface area contributed by atoms with Crippen molar-refractivity contribution < 1.29 is 42.4 Å². The van der Waals surface area contributed by atoms with Gasteiger partial charge in [0.25, 0.3) is 0 Å². The molecule has 4 atom stereocenters. The van der Waals surface area contributed by atoms with Gasteiger partial charge in [0.05, 0.1) is 19.5 Å². The fourth-order valence-electron chi connectivity index (χ4n) is 4.20. The zero-order chi connectivity index (χ0) is 25.3. The number of aliphatic hydroxyl groups is 2. The first kappa shape index (κ1) is 25.3. The van der Waals surface area contributed by atoms with E-state index in [0.29, 0.717) is 49.7 Å². The summed E-state index contributed by atoms with van der Waals surface area (Å²) in [6.07, 6.45) is -8.39. The fourth-order valence-corrected chi connectivity index (χ4v) is 4.20. The molecule has 4 rings (SSSR count). The third-order valence-corrected chi connectivity index (χ3v) is 5.92. The normalized spacial score (nSPS) is 25.9. The lowest BCUT2D eigenvalue weighted by atomic mass is 10.1. The second-order valence-electron chi connectivity index (χ2n) is 8.35. The van der Waals surface area contributed by atoms with Crippen LogP contribution in [0.1, 0.15) is 31.8 Å². The van der Waals surface area contributed by atoms with Crippen molar-refractivity contribution in [3.8, 4) is 0 Å². The number of rotatable bonds is 6. The molecule has 4 heterocycles. The van der Waals surface area contributed by atoms with Crippen LogP contribution in [0, 0.1) is 6.92 Å². The molecule has 0 saturated carbocycles. The Balaban J connectivity index is 1.49. The number of imidazole rings is 1. The predicted molar refractivity (Wildman–Crippen MR) is 113 cm³/mol. The molecule has 0 radical (unpaired) electrons. The number of carbonyl (C=O) groups is 1. The summed E-state index contributed by atoms with van der Waals surface area (Å²) in [5, 5.41) is 23.9. The van der Waals surface area contributed by atoms with Gasteiger partial charge in [-0.05, 0) is 26.7 Å². The molecule has 0 aliphatic carbocycles. The van der Waals surface area contributed by atoms with Crippen LogP contribution in [0.25, 0.3) is 11.2 Å². The van der Waals surface area contributed by atoms with Gasteiger partial charge in [0.1, 0.15) is 24.1 Å². The highest BCUT2D eigenvalue weighted by Crippen LogP contribution is 2.34. The Bertz CT molecular complexity index is 1040. The van der Waals surface area contributed by atoms with Crippen molar-refractivity contribution in [2.75, 3.05) is 31.6 Å². The van der Waals surface area contributed by atoms with Crippen molar-refractivity contribution >= 4 is 23.1 Å². The van der Waals surface area contributed by atoms with Crippen LogP contribution in [0.3, 0.4) is 0 Å². The number of likely N-dealkylation sites (tertiary alicyclic amines) is 1. The first-order valence-electron chi connectivity index (χ1n) is 11.2. The lowest BCUT2D eigenvalue weighted by Gasteiger charge is -2.31. The smallest absolute Gasteiger partial charge is 0.450 e. The number of fused-ring (bicyclic) bond motifs is 1. The summed E-state index contributed by atoms with van der Waals surface area (Å²) in [6, 6.07) is 0.00219. The monoisotopic (exact) mass is 504 g/mol. The molecule has 2 fully saturated rings. The van der Waals surface area contributed by atoms with E-state index in [9.17, 15) is 28.2 Å². The van der Waals surface area contributed by atoms with E-state index in [2.05, 4.69) is 25.0 Å². The number of piperidine rings is 1. The highest BCUT2D eigenvalue weighted by molar-refractivity contribution is 5.83. The van der Waals surface area contributed by atoms with Crippen LogP contribution in [0.15, 0.2) is 6.33 Å². The van der Waals surface area contributed by atoms with E-state index >= 15 is 0 Å². The molecule has 0 spiro atoms. The molecule has 2 aromatic rings. The zero-order valence-electron chi connectivity index (χ0n) is 19.1. The zero-order valence-corrected chi connectivity index (χ0v) is 19.1. The summed E-state index contributed by atoms with van der Waals surface area (Å²) < 4.78 is 52.8. The number of alkyl halides is 3. The lowest BCUT2D eigenvalue weighted by molar-refractivity contribution is -0.333. The molecule has 2 aliphatic heterocycles. The van der Waals surface area contributed by atoms with Crippen molar-refractivity contribution in [1.82, 2.24) is 24.4 Å². The Kier molecular flexibility index (Phi) is 7.30. The van der Waals surface area contributed by atoms with Gasteiger partial charge in [0.2, 0.25) is 0 Å². The van der Waals surface area contributed by atoms with Crippen LogP contribution < -0.4 is 5.32 Å². The standard InChI is InChI=1S/C20H27F3N6O6/c1-3-33-19(32)28-6-4-11(5-7-28)27-16-13-17(26-10(2)25-16)29(9-24-13)18-15(31)14(30)12(35-18)8-34-20(21,22)23/h9,11-12,14-15,18,30-31H,3-8H2,1-2H3,(H,25,26,27). The van der Waals surface area contributed by atoms with E-state index in [4.69, 9.17) is 9.47 Å². The highest BCUT2D eigenvalue weighted by atomic mass is 19.4. The molecule has 12 nitrogen and oxygen atoms in total. The van der Waals surface area contributed by atoms with Crippen molar-refractivity contribution in [1.29, 1.82) is 0 Å². The number of hydrogen-bond donors (Lipinski definition) is 3. The number of hydrogen-bond acceptors (Lipinski definition) is 10. The Morgan fingerprint density at radius 2 is 1.97 bits per heavy atom. The van der Waals surface area contributed by atoms with Gasteiger partial charge in [-0.25, -0.2) is 19.7 Å². The Hall–Kier alpha value is -2.75. The van der Waals surface area contributed by atoms with Crippen molar-refractivity contribution in [3.63, 3.8) is 0 Å². The molecule has 0 bridgehead atoms. The van der Waals surface area contributed by atoms with E-state index in [1.807, 2.05) is 0 Å². The molecule has 2 aromatic heterocycles. The molecule has 15 heteroatoms. The summed E-state index contributed by atoms with van der Waals surface area (Å²) in [7, 11) is 0. The number of nitrogens with zero attached hydrogens (tertiary/aromatic N) is 5. The summed E-state index contributed by atoms with van der Waals surface area (Å²) in [5.74, 6) is 0.821. The molecule has 194 valence electrons. The van der Waals surface area contributed by atoms with Gasteiger partial charge in [-0.15, -0.1) is 13.2 Å². The van der Waals surface area contributed by atoms with Crippen LogP contribution in [0.5, 0.6) is 0 Å². The van der Waals surface area contributed by atoms with Gasteiger partial charge in [0, 0.05) is 19.1 Å². The number of anilines is 1. The number of ether oxygens (including phenoxy) is 3. The minimum Gasteiger partial charge on any atom is -0.450 e. The first-order valence-corrected chi connectivity index (χ1v) is 11.2. The molecule has 35 heavy (non-hydrogen) atoms. The van der Waals surface area contributed by atoms with Crippen LogP contribution in [0.2, 0.25) is 0 Å². The first-order chi connectivity index (χ1) is 16.6. The number of aliphatic hydroxyl groups excluding tert-OH is 2. The molecule has 3 N–H and O–H groups in total. The van der Waals surface area contributed by atoms with Crippen LogP contribution in [0.4, 0.5) is 23.8 Å². The lowest BCUT2D eigenvalue weighted by Crippen LogP contribution is -2.42. The van der Waals surface area contributed by atoms with Gasteiger partial charge >= 0.3 is 12.5 Å². The summed E-state index contributed by atoms with van der Waals surface area (Å²) in [6.45, 7) is 3.77. The predicted octanol–water partition coefficient (Wildman–Crippen LogP) is 1.32. The third-order valence-electron chi connectivity index (χ3n) is 5.92. The summed E-state index contributed by atoms with van der Waals surface area (Å²) >= 11 is 0. The van der Waals surface area contributed by atoms with Crippen molar-refractivity contribution in [2.45, 2.75) is 63.6 Å². The average molecular weight is 504 g/mol. The van der Waals surface area contributed by atoms with Gasteiger partial charge < -0.3 is 29.9 Å². The van der Waals surface area contributed by atoms with Crippen LogP contribution in [-0.2, 0) is 14.2 Å². The Labute approximate surface area is 198 Å². The number of carbonyl (C=O) groups excluding carboxylic acids is 1. The number of aryl methyl sites for hydroxylation is 1. The maximum Gasteiger partial charge on any atom is 0.522 e. The van der Waals surface area contributed by atoms with Crippen molar-refractivity contribution in [3.05, 3.63) is 12.2 Å². The maximum atomic E-state index is 12.4. The van der Waals surface area contributed by atoms with E-state index in [1.165, 1.54) is 10.9 Å². The number of nitrogens with one attached hydrogen (secondary N) is 1. The Morgan fingerprint density at radius 1 is 1.26 bits per heavy atom. The third kappa shape index (κ3) is 5.58. The minimum atomic E-state index is -4.90. The molecule has 0 aromatic carbocycles. The van der Waals surface area contributed by atoms with Crippen LogP contribution in [-0.4, -0.2) is 97.7 Å². The van der Waals surface area contributed by atoms with Gasteiger partial charge in [-0.3, -0.25) is 9.30 Å². The van der Waals surface area contributed by atoms with E-state index in [0.717, 1.165) is 0 Å². The molecule has 2 aliphatic rings. The average Bonchev–Trinajstić information content (AvgIpc) is 3.33. The van der Waals surface area contributed by atoms with E-state index in [1.54, 1.807) is 18.7 Å². The fraction of sp³-hybridized carbons (Fsp3) is 0.700. The molecule has 1 amide bonds. The number of aromatic nitrogens is 4. The highest BCUT2D eigenvalue weighted by Gasteiger charge is 2.46. The maximum absolute atomic E-state index is 12.4. The van der Waals surface area contributed by atoms with Gasteiger partial charge in [-0.2, -0.15) is 0 Å². The van der Waals surface area contributed by atoms with Crippen LogP contribution >= 0.6 is 0 Å². The molecular weight excluding hydrogens is 477 g/mol. The topological polar surface area (TPSA) is 144 Å². The quantitative estimate of drug-likeness (QED) is 0.527. The minimum absolute atomic E-state index is 0.00219. The Morgan fingerprint density at radius 3 is 2.63 bits per heavy atom. The second kappa shape index (κ2) is 10.1. The van der Waals surface area contributed by atoms with Gasteiger partial charge in [-0.1, -0.05) is 0 Å². The number of halogens is 3. The summed E-state index contributed by atoms with van der Waals surface area (Å²) in [4.78, 5) is 26.6. The van der Waals surface area contributed by atoms with Gasteiger partial charge in [0.15, 0.2) is 23.2 Å². The molecule has 2 saturated heterocycles. The molecule has 4 unspecified atom stereocenters. The van der Waals surface area contributed by atoms with E-state index < -0.39 is 37.5 Å². The SMILES string of the molecule is CCOC(=O)N1CCC(Nc2nc(C)nc3c2ncn3C2OC(COC(F)(F)F)C(O)C2O)CC1. The number of amides is 1. The van der Waals surface area contributed by atoms with E-state index in [-0.39, 0.29) is 17.8 Å². The summed E-state index contributed by atoms with van der Waals surface area (Å²) in [5.41, 5.74) is 0.640.